The van der Waals surface area contributed by atoms with Gasteiger partial charge in [-0.15, -0.1) is 11.3 Å². The number of thiazole rings is 1. The first-order chi connectivity index (χ1) is 13.2. The minimum atomic E-state index is 0.0318. The number of nitrogens with one attached hydrogen (secondary N) is 2. The highest BCUT2D eigenvalue weighted by molar-refractivity contribution is 7.07. The highest BCUT2D eigenvalue weighted by atomic mass is 32.1. The Morgan fingerprint density at radius 1 is 1.37 bits per heavy atom. The van der Waals surface area contributed by atoms with Gasteiger partial charge in [0.15, 0.2) is 0 Å². The molecule has 1 amide bonds. The van der Waals surface area contributed by atoms with Gasteiger partial charge in [-0.3, -0.25) is 9.89 Å². The maximum atomic E-state index is 13.1. The minimum Gasteiger partial charge on any atom is -0.351 e. The van der Waals surface area contributed by atoms with E-state index in [9.17, 15) is 4.79 Å². The second-order valence-electron chi connectivity index (χ2n) is 6.79. The van der Waals surface area contributed by atoms with Crippen LogP contribution in [0, 0.1) is 0 Å². The molecule has 6 nitrogen and oxygen atoms in total. The van der Waals surface area contributed by atoms with Crippen molar-refractivity contribution in [2.45, 2.75) is 26.3 Å². The number of amides is 1. The Hall–Kier alpha value is -2.93. The van der Waals surface area contributed by atoms with E-state index in [2.05, 4.69) is 33.2 Å². The average Bonchev–Trinajstić information content (AvgIpc) is 3.44. The van der Waals surface area contributed by atoms with Gasteiger partial charge in [-0.25, -0.2) is 4.98 Å². The van der Waals surface area contributed by atoms with E-state index in [1.165, 1.54) is 5.56 Å². The molecule has 4 heterocycles. The molecule has 0 spiro atoms. The van der Waals surface area contributed by atoms with Crippen LogP contribution in [0.3, 0.4) is 0 Å². The lowest BCUT2D eigenvalue weighted by atomic mass is 10.0. The van der Waals surface area contributed by atoms with Crippen molar-refractivity contribution in [1.82, 2.24) is 25.1 Å². The summed E-state index contributed by atoms with van der Waals surface area (Å²) in [6.45, 7) is 3.36. The molecule has 5 rings (SSSR count). The molecule has 7 heteroatoms. The third kappa shape index (κ3) is 2.66. The third-order valence-corrected chi connectivity index (χ3v) is 5.85. The molecule has 27 heavy (non-hydrogen) atoms. The summed E-state index contributed by atoms with van der Waals surface area (Å²) in [5.41, 5.74) is 8.62. The number of aromatic amines is 2. The molecule has 0 atom stereocenters. The number of hydrogen-bond acceptors (Lipinski definition) is 4. The van der Waals surface area contributed by atoms with Gasteiger partial charge in [-0.05, 0) is 24.1 Å². The van der Waals surface area contributed by atoms with Gasteiger partial charge in [-0.2, -0.15) is 5.10 Å². The van der Waals surface area contributed by atoms with Gasteiger partial charge in [-0.1, -0.05) is 19.1 Å². The number of rotatable bonds is 3. The van der Waals surface area contributed by atoms with Crippen LogP contribution in [0.5, 0.6) is 0 Å². The van der Waals surface area contributed by atoms with Crippen molar-refractivity contribution in [3.63, 3.8) is 0 Å². The summed E-state index contributed by atoms with van der Waals surface area (Å²) in [4.78, 5) is 22.7. The number of aryl methyl sites for hydroxylation is 1. The van der Waals surface area contributed by atoms with Crippen molar-refractivity contribution in [3.05, 3.63) is 57.7 Å². The molecule has 0 unspecified atom stereocenters. The Labute approximate surface area is 160 Å². The second-order valence-corrected chi connectivity index (χ2v) is 7.51. The van der Waals surface area contributed by atoms with Gasteiger partial charge >= 0.3 is 0 Å². The van der Waals surface area contributed by atoms with Gasteiger partial charge in [0.1, 0.15) is 17.1 Å². The van der Waals surface area contributed by atoms with Crippen LogP contribution in [0.4, 0.5) is 0 Å². The quantitative estimate of drug-likeness (QED) is 0.570. The van der Waals surface area contributed by atoms with E-state index in [1.807, 2.05) is 28.5 Å². The molecule has 0 radical (unpaired) electrons. The molecule has 0 bridgehead atoms. The first-order valence-corrected chi connectivity index (χ1v) is 10.0. The Morgan fingerprint density at radius 3 is 3.11 bits per heavy atom. The number of carbonyl (C=O) groups is 1. The summed E-state index contributed by atoms with van der Waals surface area (Å²) in [5.74, 6) is 0.0318. The summed E-state index contributed by atoms with van der Waals surface area (Å²) in [5, 5.41) is 10.7. The third-order valence-electron chi connectivity index (χ3n) is 5.26. The van der Waals surface area contributed by atoms with E-state index in [-0.39, 0.29) is 5.91 Å². The van der Waals surface area contributed by atoms with E-state index in [1.54, 1.807) is 16.8 Å². The lowest BCUT2D eigenvalue weighted by molar-refractivity contribution is 0.0729. The maximum absolute atomic E-state index is 13.1. The predicted molar refractivity (Wildman–Crippen MR) is 106 cm³/mol. The van der Waals surface area contributed by atoms with Crippen LogP contribution in [0.1, 0.15) is 34.2 Å². The summed E-state index contributed by atoms with van der Waals surface area (Å²) in [6, 6.07) is 8.16. The molecule has 0 saturated carbocycles. The highest BCUT2D eigenvalue weighted by Crippen LogP contribution is 2.29. The topological polar surface area (TPSA) is 77.7 Å². The number of nitrogens with zero attached hydrogens (tertiary/aromatic N) is 3. The number of H-pyrrole nitrogens is 2. The van der Waals surface area contributed by atoms with Gasteiger partial charge in [0.05, 0.1) is 12.1 Å². The van der Waals surface area contributed by atoms with E-state index in [0.717, 1.165) is 46.4 Å². The van der Waals surface area contributed by atoms with Crippen LogP contribution >= 0.6 is 11.3 Å². The van der Waals surface area contributed by atoms with E-state index in [4.69, 9.17) is 0 Å². The molecular weight excluding hydrogens is 358 g/mol. The number of carbonyl (C=O) groups excluding carboxylic acids is 1. The van der Waals surface area contributed by atoms with Gasteiger partial charge in [0, 0.05) is 40.5 Å². The van der Waals surface area contributed by atoms with Crippen LogP contribution < -0.4 is 0 Å². The van der Waals surface area contributed by atoms with Crippen molar-refractivity contribution in [2.75, 3.05) is 6.54 Å². The fraction of sp³-hybridized carbons (Fsp3) is 0.250. The normalized spacial score (nSPS) is 13.9. The monoisotopic (exact) mass is 377 g/mol. The van der Waals surface area contributed by atoms with Crippen LogP contribution in [-0.2, 0) is 19.4 Å². The molecule has 1 aromatic carbocycles. The predicted octanol–water partition coefficient (Wildman–Crippen LogP) is 3.78. The SMILES string of the molecule is CCc1cccc2[nH]c(C(=O)N3CCc4[nH]nc(-c5cscn5)c4C3)cc12. The van der Waals surface area contributed by atoms with Crippen LogP contribution in [0.2, 0.25) is 0 Å². The fourth-order valence-electron chi connectivity index (χ4n) is 3.82. The lowest BCUT2D eigenvalue weighted by Crippen LogP contribution is -2.36. The molecule has 3 aromatic heterocycles. The Kier molecular flexibility index (Phi) is 3.82. The van der Waals surface area contributed by atoms with Crippen LogP contribution in [0.25, 0.3) is 22.3 Å². The maximum Gasteiger partial charge on any atom is 0.270 e. The number of hydrogen-bond donors (Lipinski definition) is 2. The summed E-state index contributed by atoms with van der Waals surface area (Å²) >= 11 is 1.55. The second kappa shape index (κ2) is 6.35. The van der Waals surface area contributed by atoms with E-state index >= 15 is 0 Å². The first-order valence-electron chi connectivity index (χ1n) is 9.09. The molecular formula is C20H19N5OS. The lowest BCUT2D eigenvalue weighted by Gasteiger charge is -2.26. The molecule has 4 aromatic rings. The number of fused-ring (bicyclic) bond motifs is 2. The first kappa shape index (κ1) is 16.3. The zero-order valence-electron chi connectivity index (χ0n) is 15.0. The average molecular weight is 377 g/mol. The van der Waals surface area contributed by atoms with Crippen molar-refractivity contribution < 1.29 is 4.79 Å². The molecule has 1 aliphatic heterocycles. The molecule has 0 aliphatic carbocycles. The van der Waals surface area contributed by atoms with E-state index < -0.39 is 0 Å². The molecule has 0 saturated heterocycles. The fourth-order valence-corrected chi connectivity index (χ4v) is 4.36. The van der Waals surface area contributed by atoms with Gasteiger partial charge < -0.3 is 9.88 Å². The van der Waals surface area contributed by atoms with Crippen molar-refractivity contribution >= 4 is 28.1 Å². The zero-order valence-corrected chi connectivity index (χ0v) is 15.8. The summed E-state index contributed by atoms with van der Waals surface area (Å²) in [7, 11) is 0. The standard InChI is InChI=1S/C20H19N5OS/c1-2-12-4-3-5-15-13(12)8-17(22-15)20(26)25-7-6-16-14(9-25)19(24-23-16)18-10-27-11-21-18/h3-5,8,10-11,22H,2,6-7,9H2,1H3,(H,23,24). The zero-order chi connectivity index (χ0) is 18.4. The minimum absolute atomic E-state index is 0.0318. The Balaban J connectivity index is 1.47. The summed E-state index contributed by atoms with van der Waals surface area (Å²) < 4.78 is 0. The number of aromatic nitrogens is 4. The number of benzene rings is 1. The van der Waals surface area contributed by atoms with Crippen LogP contribution in [-0.4, -0.2) is 37.5 Å². The van der Waals surface area contributed by atoms with Crippen molar-refractivity contribution in [2.24, 2.45) is 0 Å². The molecule has 1 aliphatic rings. The molecule has 0 fully saturated rings. The van der Waals surface area contributed by atoms with E-state index in [0.29, 0.717) is 18.8 Å². The smallest absolute Gasteiger partial charge is 0.270 e. The highest BCUT2D eigenvalue weighted by Gasteiger charge is 2.27. The molecule has 2 N–H and O–H groups in total. The van der Waals surface area contributed by atoms with Crippen molar-refractivity contribution in [3.8, 4) is 11.4 Å². The Morgan fingerprint density at radius 2 is 2.30 bits per heavy atom. The molecule has 136 valence electrons. The van der Waals surface area contributed by atoms with Gasteiger partial charge in [0.2, 0.25) is 0 Å². The summed E-state index contributed by atoms with van der Waals surface area (Å²) in [6.07, 6.45) is 1.72. The Bertz CT molecular complexity index is 1120. The largest absolute Gasteiger partial charge is 0.351 e. The van der Waals surface area contributed by atoms with Gasteiger partial charge in [0.25, 0.3) is 5.91 Å². The van der Waals surface area contributed by atoms with Crippen LogP contribution in [0.15, 0.2) is 35.2 Å². The van der Waals surface area contributed by atoms with Crippen molar-refractivity contribution in [1.29, 1.82) is 0 Å².